The van der Waals surface area contributed by atoms with E-state index in [9.17, 15) is 0 Å². The van der Waals surface area contributed by atoms with Crippen LogP contribution in [-0.2, 0) is 6.54 Å². The Hall–Kier alpha value is -0.0500. The predicted molar refractivity (Wildman–Crippen MR) is 72.8 cm³/mol. The second-order valence-electron chi connectivity index (χ2n) is 5.00. The Morgan fingerprint density at radius 3 is 2.81 bits per heavy atom. The second-order valence-corrected chi connectivity index (χ2v) is 6.29. The number of hydrogen-bond donors (Lipinski definition) is 1. The van der Waals surface area contributed by atoms with E-state index in [1.807, 2.05) is 18.2 Å². The minimum Gasteiger partial charge on any atom is -0.312 e. The van der Waals surface area contributed by atoms with Crippen LogP contribution in [0.1, 0.15) is 31.7 Å². The van der Waals surface area contributed by atoms with Gasteiger partial charge in [-0.05, 0) is 42.0 Å². The van der Waals surface area contributed by atoms with Crippen molar-refractivity contribution in [2.45, 2.75) is 32.7 Å². The maximum Gasteiger partial charge on any atom is 0.0410 e. The summed E-state index contributed by atoms with van der Waals surface area (Å²) in [5, 5.41) is 4.32. The van der Waals surface area contributed by atoms with E-state index in [0.29, 0.717) is 5.41 Å². The van der Waals surface area contributed by atoms with E-state index in [4.69, 9.17) is 11.6 Å². The first-order valence-corrected chi connectivity index (χ1v) is 6.91. The Morgan fingerprint density at radius 1 is 1.44 bits per heavy atom. The summed E-state index contributed by atoms with van der Waals surface area (Å²) in [6, 6.07) is 5.93. The highest BCUT2D eigenvalue weighted by atomic mass is 79.9. The van der Waals surface area contributed by atoms with Crippen LogP contribution in [0.15, 0.2) is 22.7 Å². The summed E-state index contributed by atoms with van der Waals surface area (Å²) >= 11 is 9.52. The van der Waals surface area contributed by atoms with Gasteiger partial charge in [-0.15, -0.1) is 0 Å². The van der Waals surface area contributed by atoms with Gasteiger partial charge in [0.25, 0.3) is 0 Å². The van der Waals surface area contributed by atoms with Crippen LogP contribution in [-0.4, -0.2) is 6.54 Å². The molecule has 1 nitrogen and oxygen atoms in total. The van der Waals surface area contributed by atoms with Gasteiger partial charge in [0.1, 0.15) is 0 Å². The zero-order valence-corrected chi connectivity index (χ0v) is 11.9. The van der Waals surface area contributed by atoms with Gasteiger partial charge < -0.3 is 5.32 Å². The van der Waals surface area contributed by atoms with Crippen molar-refractivity contribution in [2.24, 2.45) is 5.41 Å². The first kappa shape index (κ1) is 12.4. The first-order valence-electron chi connectivity index (χ1n) is 5.74. The van der Waals surface area contributed by atoms with E-state index >= 15 is 0 Å². The fourth-order valence-corrected chi connectivity index (χ4v) is 2.72. The molecule has 0 saturated heterocycles. The molecule has 1 aromatic rings. The fourth-order valence-electron chi connectivity index (χ4n) is 2.13. The molecular weight excluding hydrogens is 286 g/mol. The lowest BCUT2D eigenvalue weighted by Gasteiger charge is -2.38. The van der Waals surface area contributed by atoms with Gasteiger partial charge >= 0.3 is 0 Å². The molecule has 0 aromatic heterocycles. The monoisotopic (exact) mass is 301 g/mol. The van der Waals surface area contributed by atoms with E-state index < -0.39 is 0 Å². The van der Waals surface area contributed by atoms with Gasteiger partial charge in [0, 0.05) is 22.6 Å². The lowest BCUT2D eigenvalue weighted by Crippen LogP contribution is -2.37. The number of hydrogen-bond acceptors (Lipinski definition) is 1. The molecule has 3 heteroatoms. The van der Waals surface area contributed by atoms with Gasteiger partial charge in [-0.25, -0.2) is 0 Å². The summed E-state index contributed by atoms with van der Waals surface area (Å²) in [7, 11) is 0. The largest absolute Gasteiger partial charge is 0.312 e. The lowest BCUT2D eigenvalue weighted by atomic mass is 9.70. The van der Waals surface area contributed by atoms with E-state index in [-0.39, 0.29) is 0 Å². The number of halogens is 2. The highest BCUT2D eigenvalue weighted by molar-refractivity contribution is 9.10. The molecular formula is C13H17BrClN. The van der Waals surface area contributed by atoms with E-state index in [1.165, 1.54) is 24.8 Å². The third-order valence-electron chi connectivity index (χ3n) is 3.44. The van der Waals surface area contributed by atoms with Crippen LogP contribution >= 0.6 is 27.5 Å². The van der Waals surface area contributed by atoms with Crippen LogP contribution in [0.2, 0.25) is 5.02 Å². The van der Waals surface area contributed by atoms with Crippen LogP contribution in [0.3, 0.4) is 0 Å². The molecule has 0 radical (unpaired) electrons. The lowest BCUT2D eigenvalue weighted by molar-refractivity contribution is 0.156. The molecule has 1 saturated carbocycles. The summed E-state index contributed by atoms with van der Waals surface area (Å²) in [6.45, 7) is 4.35. The van der Waals surface area contributed by atoms with Crippen molar-refractivity contribution in [3.8, 4) is 0 Å². The number of rotatable bonds is 4. The van der Waals surface area contributed by atoms with Crippen molar-refractivity contribution in [3.63, 3.8) is 0 Å². The van der Waals surface area contributed by atoms with Gasteiger partial charge in [-0.2, -0.15) is 0 Å². The van der Waals surface area contributed by atoms with Crippen molar-refractivity contribution in [1.82, 2.24) is 5.32 Å². The molecule has 16 heavy (non-hydrogen) atoms. The van der Waals surface area contributed by atoms with Gasteiger partial charge in [0.2, 0.25) is 0 Å². The summed E-state index contributed by atoms with van der Waals surface area (Å²) in [5.74, 6) is 0. The Kier molecular flexibility index (Phi) is 3.93. The Labute approximate surface area is 111 Å². The summed E-state index contributed by atoms with van der Waals surface area (Å²) in [5.41, 5.74) is 1.76. The van der Waals surface area contributed by atoms with E-state index in [1.54, 1.807) is 0 Å². The van der Waals surface area contributed by atoms with Crippen LogP contribution in [0.5, 0.6) is 0 Å². The zero-order valence-electron chi connectivity index (χ0n) is 9.52. The van der Waals surface area contributed by atoms with Crippen LogP contribution < -0.4 is 5.32 Å². The molecule has 0 atom stereocenters. The third-order valence-corrected chi connectivity index (χ3v) is 4.44. The predicted octanol–water partition coefficient (Wildman–Crippen LogP) is 4.38. The fraction of sp³-hybridized carbons (Fsp3) is 0.538. The van der Waals surface area contributed by atoms with Crippen LogP contribution in [0.25, 0.3) is 0 Å². The topological polar surface area (TPSA) is 12.0 Å². The molecule has 88 valence electrons. The molecule has 1 aromatic carbocycles. The molecule has 1 aliphatic rings. The maximum absolute atomic E-state index is 5.98. The van der Waals surface area contributed by atoms with Crippen molar-refractivity contribution in [3.05, 3.63) is 33.3 Å². The van der Waals surface area contributed by atoms with Gasteiger partial charge in [-0.1, -0.05) is 40.9 Å². The maximum atomic E-state index is 5.98. The molecule has 0 aliphatic heterocycles. The molecule has 0 spiro atoms. The molecule has 1 N–H and O–H groups in total. The van der Waals surface area contributed by atoms with E-state index in [0.717, 1.165) is 22.6 Å². The quantitative estimate of drug-likeness (QED) is 0.870. The SMILES string of the molecule is CC1(CNCc2cc(Cl)ccc2Br)CCC1. The van der Waals surface area contributed by atoms with Crippen molar-refractivity contribution >= 4 is 27.5 Å². The van der Waals surface area contributed by atoms with Crippen molar-refractivity contribution < 1.29 is 0 Å². The van der Waals surface area contributed by atoms with Crippen LogP contribution in [0.4, 0.5) is 0 Å². The summed E-state index contributed by atoms with van der Waals surface area (Å²) < 4.78 is 1.13. The highest BCUT2D eigenvalue weighted by Gasteiger charge is 2.30. The molecule has 1 fully saturated rings. The molecule has 1 aliphatic carbocycles. The summed E-state index contributed by atoms with van der Waals surface area (Å²) in [4.78, 5) is 0. The Balaban J connectivity index is 1.87. The Bertz CT molecular complexity index is 374. The minimum atomic E-state index is 0.533. The van der Waals surface area contributed by atoms with Gasteiger partial charge in [0.05, 0.1) is 0 Å². The average Bonchev–Trinajstić information content (AvgIpc) is 2.21. The standard InChI is InChI=1S/C13H17BrClN/c1-13(5-2-6-13)9-16-8-10-7-11(15)3-4-12(10)14/h3-4,7,16H,2,5-6,8-9H2,1H3. The van der Waals surface area contributed by atoms with E-state index in [2.05, 4.69) is 28.2 Å². The molecule has 0 amide bonds. The van der Waals surface area contributed by atoms with Crippen LogP contribution in [0, 0.1) is 5.41 Å². The number of nitrogens with one attached hydrogen (secondary N) is 1. The highest BCUT2D eigenvalue weighted by Crippen LogP contribution is 2.39. The number of benzene rings is 1. The zero-order chi connectivity index (χ0) is 11.6. The Morgan fingerprint density at radius 2 is 2.19 bits per heavy atom. The smallest absolute Gasteiger partial charge is 0.0410 e. The molecule has 0 heterocycles. The van der Waals surface area contributed by atoms with Crippen molar-refractivity contribution in [2.75, 3.05) is 6.54 Å². The van der Waals surface area contributed by atoms with Gasteiger partial charge in [0.15, 0.2) is 0 Å². The molecule has 0 bridgehead atoms. The normalized spacial score (nSPS) is 18.2. The molecule has 0 unspecified atom stereocenters. The average molecular weight is 303 g/mol. The second kappa shape index (κ2) is 5.07. The summed E-state index contributed by atoms with van der Waals surface area (Å²) in [6.07, 6.45) is 4.10. The van der Waals surface area contributed by atoms with Gasteiger partial charge in [-0.3, -0.25) is 0 Å². The first-order chi connectivity index (χ1) is 7.59. The third kappa shape index (κ3) is 2.99. The van der Waals surface area contributed by atoms with Crippen molar-refractivity contribution in [1.29, 1.82) is 0 Å². The molecule has 2 rings (SSSR count). The minimum absolute atomic E-state index is 0.533.